The Kier molecular flexibility index (Phi) is 3.24. The molecule has 98 valence electrons. The van der Waals surface area contributed by atoms with E-state index in [2.05, 4.69) is 0 Å². The van der Waals surface area contributed by atoms with E-state index in [1.54, 1.807) is 0 Å². The normalized spacial score (nSPS) is 28.4. The lowest BCUT2D eigenvalue weighted by atomic mass is 10.1. The van der Waals surface area contributed by atoms with E-state index in [1.807, 2.05) is 0 Å². The summed E-state index contributed by atoms with van der Waals surface area (Å²) >= 11 is 0. The van der Waals surface area contributed by atoms with Crippen molar-refractivity contribution in [3.8, 4) is 0 Å². The maximum absolute atomic E-state index is 12.2. The van der Waals surface area contributed by atoms with Crippen molar-refractivity contribution in [1.29, 1.82) is 0 Å². The van der Waals surface area contributed by atoms with E-state index in [9.17, 15) is 26.7 Å². The maximum atomic E-state index is 12.2. The Morgan fingerprint density at radius 3 is 2.06 bits per heavy atom. The summed E-state index contributed by atoms with van der Waals surface area (Å²) in [7, 11) is 0. The molecule has 0 saturated heterocycles. The van der Waals surface area contributed by atoms with Gasteiger partial charge in [-0.1, -0.05) is 19.9 Å². The van der Waals surface area contributed by atoms with Crippen LogP contribution in [0.1, 0.15) is 13.8 Å². The minimum atomic E-state index is -5.13. The van der Waals surface area contributed by atoms with Crippen molar-refractivity contribution in [3.05, 3.63) is 11.6 Å². The van der Waals surface area contributed by atoms with Crippen LogP contribution in [0.15, 0.2) is 11.6 Å². The number of carbonyl (C=O) groups is 1. The van der Waals surface area contributed by atoms with E-state index in [1.165, 1.54) is 13.8 Å². The summed E-state index contributed by atoms with van der Waals surface area (Å²) in [5, 5.41) is 8.72. The Morgan fingerprint density at radius 1 is 1.35 bits per heavy atom. The van der Waals surface area contributed by atoms with Crippen molar-refractivity contribution in [2.45, 2.75) is 26.4 Å². The highest BCUT2D eigenvalue weighted by atomic mass is 19.4. The topological polar surface area (TPSA) is 37.3 Å². The van der Waals surface area contributed by atoms with Crippen LogP contribution in [0.3, 0.4) is 0 Å². The Bertz CT molecular complexity index is 356. The summed E-state index contributed by atoms with van der Waals surface area (Å²) in [5.41, 5.74) is -2.88. The summed E-state index contributed by atoms with van der Waals surface area (Å²) in [6.45, 7) is 2.87. The van der Waals surface area contributed by atoms with Crippen LogP contribution in [-0.4, -0.2) is 23.7 Å². The molecule has 0 spiro atoms. The van der Waals surface area contributed by atoms with E-state index >= 15 is 0 Å². The van der Waals surface area contributed by atoms with Gasteiger partial charge in [0.1, 0.15) is 0 Å². The van der Waals surface area contributed by atoms with Gasteiger partial charge in [0.25, 0.3) is 6.43 Å². The third-order valence-corrected chi connectivity index (χ3v) is 3.10. The zero-order chi connectivity index (χ0) is 13.6. The highest BCUT2D eigenvalue weighted by Crippen LogP contribution is 2.60. The molecule has 1 aliphatic carbocycles. The smallest absolute Gasteiger partial charge is 0.417 e. The molecule has 0 amide bonds. The van der Waals surface area contributed by atoms with Gasteiger partial charge in [-0.25, -0.2) is 8.78 Å². The van der Waals surface area contributed by atoms with Crippen LogP contribution in [0.5, 0.6) is 0 Å². The number of aliphatic carboxylic acids is 1. The molecule has 0 radical (unpaired) electrons. The number of allylic oxidation sites excluding steroid dienone is 2. The summed E-state index contributed by atoms with van der Waals surface area (Å²) in [6.07, 6.45) is -8.43. The molecule has 7 heteroatoms. The lowest BCUT2D eigenvalue weighted by Crippen LogP contribution is -2.19. The minimum absolute atomic E-state index is 0.351. The van der Waals surface area contributed by atoms with Crippen LogP contribution in [-0.2, 0) is 4.79 Å². The lowest BCUT2D eigenvalue weighted by molar-refractivity contribution is -0.139. The molecule has 0 aromatic rings. The summed E-state index contributed by atoms with van der Waals surface area (Å²) in [4.78, 5) is 10.7. The fourth-order valence-electron chi connectivity index (χ4n) is 1.94. The minimum Gasteiger partial charge on any atom is -0.481 e. The first-order chi connectivity index (χ1) is 7.49. The molecule has 0 bridgehead atoms. The van der Waals surface area contributed by atoms with Gasteiger partial charge in [0.15, 0.2) is 0 Å². The highest BCUT2D eigenvalue weighted by molar-refractivity contribution is 5.76. The van der Waals surface area contributed by atoms with Crippen molar-refractivity contribution in [2.75, 3.05) is 0 Å². The molecule has 1 rings (SSSR count). The van der Waals surface area contributed by atoms with Crippen LogP contribution in [0.2, 0.25) is 0 Å². The van der Waals surface area contributed by atoms with E-state index in [0.717, 1.165) is 0 Å². The fourth-order valence-corrected chi connectivity index (χ4v) is 1.94. The second kappa shape index (κ2) is 3.96. The zero-order valence-electron chi connectivity index (χ0n) is 9.05. The van der Waals surface area contributed by atoms with Gasteiger partial charge in [0.05, 0.1) is 11.5 Å². The van der Waals surface area contributed by atoms with E-state index in [-0.39, 0.29) is 0 Å². The molecule has 0 heterocycles. The average Bonchev–Trinajstić information content (AvgIpc) is 2.60. The van der Waals surface area contributed by atoms with E-state index in [4.69, 9.17) is 5.11 Å². The molecule has 0 aromatic heterocycles. The third kappa shape index (κ3) is 2.58. The van der Waals surface area contributed by atoms with Gasteiger partial charge in [0.2, 0.25) is 0 Å². The van der Waals surface area contributed by atoms with Gasteiger partial charge < -0.3 is 5.11 Å². The van der Waals surface area contributed by atoms with Crippen LogP contribution in [0.4, 0.5) is 22.0 Å². The maximum Gasteiger partial charge on any atom is 0.417 e. The Morgan fingerprint density at radius 2 is 1.82 bits per heavy atom. The summed E-state index contributed by atoms with van der Waals surface area (Å²) in [6, 6.07) is 0. The zero-order valence-corrected chi connectivity index (χ0v) is 9.05. The predicted molar refractivity (Wildman–Crippen MR) is 48.5 cm³/mol. The Hall–Kier alpha value is -1.14. The van der Waals surface area contributed by atoms with E-state index < -0.39 is 41.4 Å². The van der Waals surface area contributed by atoms with Crippen molar-refractivity contribution >= 4 is 5.97 Å². The highest BCUT2D eigenvalue weighted by Gasteiger charge is 2.62. The molecule has 2 nitrogen and oxygen atoms in total. The number of carboxylic acids is 1. The fraction of sp³-hybridized carbons (Fsp3) is 0.700. The molecule has 1 fully saturated rings. The molecule has 0 unspecified atom stereocenters. The lowest BCUT2D eigenvalue weighted by Gasteiger charge is -2.10. The summed E-state index contributed by atoms with van der Waals surface area (Å²) in [5.74, 6) is -3.32. The van der Waals surface area contributed by atoms with Crippen molar-refractivity contribution < 1.29 is 31.9 Å². The van der Waals surface area contributed by atoms with Gasteiger partial charge in [-0.3, -0.25) is 4.79 Å². The van der Waals surface area contributed by atoms with Crippen LogP contribution < -0.4 is 0 Å². The first-order valence-electron chi connectivity index (χ1n) is 4.79. The molecule has 17 heavy (non-hydrogen) atoms. The van der Waals surface area contributed by atoms with Crippen molar-refractivity contribution in [2.24, 2.45) is 17.3 Å². The average molecular weight is 258 g/mol. The van der Waals surface area contributed by atoms with Gasteiger partial charge in [0, 0.05) is 0 Å². The summed E-state index contributed by atoms with van der Waals surface area (Å²) < 4.78 is 61.2. The third-order valence-electron chi connectivity index (χ3n) is 3.10. The molecule has 0 aromatic carbocycles. The number of hydrogen-bond acceptors (Lipinski definition) is 1. The van der Waals surface area contributed by atoms with E-state index in [0.29, 0.717) is 6.08 Å². The quantitative estimate of drug-likeness (QED) is 0.624. The molecule has 1 saturated carbocycles. The van der Waals surface area contributed by atoms with Gasteiger partial charge in [-0.2, -0.15) is 13.2 Å². The molecule has 1 aliphatic rings. The standard InChI is InChI=1S/C10H11F5O2/c1-9(2)4(6(9)8(16)17)3-5(7(11)12)10(13,14)15/h3-4,6-7H,1-2H3,(H,16,17)/t4-,6+/m0/s1. The molecule has 2 atom stereocenters. The molecular weight excluding hydrogens is 247 g/mol. The second-order valence-electron chi connectivity index (χ2n) is 4.58. The number of hydrogen-bond donors (Lipinski definition) is 1. The predicted octanol–water partition coefficient (Wildman–Crippen LogP) is 3.10. The van der Waals surface area contributed by atoms with Crippen LogP contribution in [0, 0.1) is 17.3 Å². The molecular formula is C10H11F5O2. The van der Waals surface area contributed by atoms with Crippen molar-refractivity contribution in [3.63, 3.8) is 0 Å². The van der Waals surface area contributed by atoms with Gasteiger partial charge in [-0.15, -0.1) is 0 Å². The Balaban J connectivity index is 2.99. The first kappa shape index (κ1) is 13.9. The Labute approximate surface area is 94.1 Å². The largest absolute Gasteiger partial charge is 0.481 e. The van der Waals surface area contributed by atoms with Crippen molar-refractivity contribution in [1.82, 2.24) is 0 Å². The second-order valence-corrected chi connectivity index (χ2v) is 4.58. The first-order valence-corrected chi connectivity index (χ1v) is 4.79. The van der Waals surface area contributed by atoms with Crippen LogP contribution >= 0.6 is 0 Å². The monoisotopic (exact) mass is 258 g/mol. The van der Waals surface area contributed by atoms with Gasteiger partial charge in [-0.05, 0) is 11.3 Å². The number of rotatable bonds is 3. The number of carboxylic acid groups (broad SMARTS) is 1. The number of alkyl halides is 5. The van der Waals surface area contributed by atoms with Crippen LogP contribution in [0.25, 0.3) is 0 Å². The molecule has 0 aliphatic heterocycles. The SMILES string of the molecule is CC1(C)[C@@H](C=C(C(F)F)C(F)(F)F)[C@@H]1C(=O)O. The number of halogens is 5. The molecule has 1 N–H and O–H groups in total. The van der Waals surface area contributed by atoms with Gasteiger partial charge >= 0.3 is 12.1 Å².